The van der Waals surface area contributed by atoms with E-state index in [-0.39, 0.29) is 30.8 Å². The van der Waals surface area contributed by atoms with Crippen LogP contribution in [0.15, 0.2) is 119 Å². The van der Waals surface area contributed by atoms with E-state index in [2.05, 4.69) is 121 Å². The number of fused-ring (bicyclic) bond motifs is 5. The summed E-state index contributed by atoms with van der Waals surface area (Å²) in [6.07, 6.45) is 12.3. The van der Waals surface area contributed by atoms with Gasteiger partial charge in [0.25, 0.3) is 0 Å². The molecule has 0 aromatic rings. The molecule has 314 valence electrons. The lowest BCUT2D eigenvalue weighted by molar-refractivity contribution is -0.870. The molecule has 0 aromatic heterocycles. The van der Waals surface area contributed by atoms with Gasteiger partial charge in [0.1, 0.15) is 13.2 Å². The van der Waals surface area contributed by atoms with E-state index in [1.54, 1.807) is 0 Å². The molecule has 1 N–H and O–H groups in total. The van der Waals surface area contributed by atoms with Crippen LogP contribution in [0.25, 0.3) is 0 Å². The number of hydrogen-bond acceptors (Lipinski definition) is 8. The maximum absolute atomic E-state index is 14.1. The summed E-state index contributed by atoms with van der Waals surface area (Å²) in [5.74, 6) is -0.665. The first-order valence-corrected chi connectivity index (χ1v) is 20.8. The summed E-state index contributed by atoms with van der Waals surface area (Å²) in [6.45, 7) is 15.5. The summed E-state index contributed by atoms with van der Waals surface area (Å²) in [5.41, 5.74) is 13.1. The molecule has 0 aromatic carbocycles. The third-order valence-corrected chi connectivity index (χ3v) is 11.4. The van der Waals surface area contributed by atoms with Crippen molar-refractivity contribution in [3.63, 3.8) is 0 Å². The van der Waals surface area contributed by atoms with Gasteiger partial charge in [-0.25, -0.2) is 15.0 Å². The SMILES string of the molecule is CCC1=C(C)C2=NC1=CC1=C(C)C(=C([O-])OCC[N+](C)(C)C)C(=N1)C(C)=C1NC(=CC3=NC(=C2)C(/C=C/C[N+](C)(C)C)=C3C)[C@@H](C)[C@@H]1CCC(=O)OCC[N+](C)(C)C. The highest BCUT2D eigenvalue weighted by Crippen LogP contribution is 2.42. The molecule has 0 saturated carbocycles. The third kappa shape index (κ3) is 10.5. The van der Waals surface area contributed by atoms with Crippen LogP contribution in [0.3, 0.4) is 0 Å². The van der Waals surface area contributed by atoms with E-state index < -0.39 is 5.95 Å². The van der Waals surface area contributed by atoms with Crippen molar-refractivity contribution in [2.24, 2.45) is 26.8 Å². The largest absolute Gasteiger partial charge is 0.607 e. The molecule has 0 aliphatic carbocycles. The molecular formula is C47H69N7O4+2. The molecule has 8 bridgehead atoms. The summed E-state index contributed by atoms with van der Waals surface area (Å²) >= 11 is 0. The monoisotopic (exact) mass is 796 g/mol. The molecule has 58 heavy (non-hydrogen) atoms. The van der Waals surface area contributed by atoms with Crippen LogP contribution < -0.4 is 10.4 Å². The molecule has 0 radical (unpaired) electrons. The average Bonchev–Trinajstić information content (AvgIpc) is 3.79. The van der Waals surface area contributed by atoms with E-state index >= 15 is 0 Å². The first kappa shape index (κ1) is 44.5. The molecule has 0 unspecified atom stereocenters. The van der Waals surface area contributed by atoms with E-state index in [9.17, 15) is 9.90 Å². The topological polar surface area (TPSA) is 108 Å². The minimum Gasteiger partial charge on any atom is -0.607 e. The Morgan fingerprint density at radius 1 is 0.793 bits per heavy atom. The number of esters is 1. The second-order valence-corrected chi connectivity index (χ2v) is 19.4. The van der Waals surface area contributed by atoms with Crippen molar-refractivity contribution in [3.05, 3.63) is 104 Å². The Labute approximate surface area is 348 Å². The smallest absolute Gasteiger partial charge is 0.306 e. The predicted molar refractivity (Wildman–Crippen MR) is 234 cm³/mol. The molecule has 5 aliphatic heterocycles. The van der Waals surface area contributed by atoms with Gasteiger partial charge in [-0.1, -0.05) is 19.9 Å². The quantitative estimate of drug-likeness (QED) is 0.131. The summed E-state index contributed by atoms with van der Waals surface area (Å²) in [7, 11) is 19.0. The maximum atomic E-state index is 14.1. The first-order valence-electron chi connectivity index (χ1n) is 20.8. The van der Waals surface area contributed by atoms with Gasteiger partial charge in [0.2, 0.25) is 0 Å². The molecular weight excluding hydrogens is 727 g/mol. The number of hydrogen-bond donors (Lipinski definition) is 1. The van der Waals surface area contributed by atoms with Crippen LogP contribution >= 0.6 is 0 Å². The highest BCUT2D eigenvalue weighted by molar-refractivity contribution is 6.19. The molecule has 5 aliphatic rings. The zero-order valence-corrected chi connectivity index (χ0v) is 38.0. The lowest BCUT2D eigenvalue weighted by Crippen LogP contribution is -2.38. The fraction of sp³-hybridized carbons (Fsp3) is 0.532. The lowest BCUT2D eigenvalue weighted by atomic mass is 9.85. The van der Waals surface area contributed by atoms with Gasteiger partial charge in [-0.2, -0.15) is 0 Å². The number of nitrogens with one attached hydrogen (secondary N) is 1. The highest BCUT2D eigenvalue weighted by atomic mass is 16.6. The molecule has 2 atom stereocenters. The summed E-state index contributed by atoms with van der Waals surface area (Å²) in [6, 6.07) is 0. The van der Waals surface area contributed by atoms with Crippen molar-refractivity contribution in [2.45, 2.75) is 60.8 Å². The van der Waals surface area contributed by atoms with Gasteiger partial charge in [0.05, 0.1) is 117 Å². The Hall–Kier alpha value is -4.58. The fourth-order valence-electron chi connectivity index (χ4n) is 7.67. The number of carbonyl (C=O) groups excluding carboxylic acids is 1. The van der Waals surface area contributed by atoms with Crippen molar-refractivity contribution in [1.29, 1.82) is 0 Å². The molecule has 1 saturated heterocycles. The van der Waals surface area contributed by atoms with Gasteiger partial charge >= 0.3 is 5.97 Å². The van der Waals surface area contributed by atoms with Gasteiger partial charge in [-0.15, -0.1) is 0 Å². The van der Waals surface area contributed by atoms with Gasteiger partial charge in [-0.3, -0.25) is 4.79 Å². The number of aliphatic imine (C=N–C) groups is 3. The molecule has 5 heterocycles. The van der Waals surface area contributed by atoms with Crippen molar-refractivity contribution >= 4 is 23.1 Å². The Morgan fingerprint density at radius 2 is 1.41 bits per heavy atom. The van der Waals surface area contributed by atoms with Crippen molar-refractivity contribution in [1.82, 2.24) is 5.32 Å². The van der Waals surface area contributed by atoms with Crippen LogP contribution in [0, 0.1) is 11.8 Å². The predicted octanol–water partition coefficient (Wildman–Crippen LogP) is 6.05. The van der Waals surface area contributed by atoms with E-state index in [1.807, 2.05) is 19.9 Å². The standard InChI is InChI=1S/C47H69N7O4/c1-16-34-29(2)38-27-42-35(18-17-21-52(7,8)9)30(3)37(49-42)26-39-31(4)36(19-20-43(55)57-24-22-53(10,11)12)45(50-39)33(6)46-44(47(56)58-25-23-54(13,14)15)32(5)40(51-46)28-41(34)48-38/h17-18,26-28,31,36H,16,19-25H2,1-15H3,(H-,48,49,50,51,56)/q+2/b18-17+/t31-,36-/m0/s1. The van der Waals surface area contributed by atoms with Gasteiger partial charge < -0.3 is 33.3 Å². The van der Waals surface area contributed by atoms with Crippen molar-refractivity contribution in [2.75, 3.05) is 96.3 Å². The minimum absolute atomic E-state index is 0.00988. The summed E-state index contributed by atoms with van der Waals surface area (Å²) < 4.78 is 13.9. The highest BCUT2D eigenvalue weighted by Gasteiger charge is 2.37. The number of ether oxygens (including phenoxy) is 2. The number of carbonyl (C=O) groups is 1. The average molecular weight is 796 g/mol. The normalized spacial score (nSPS) is 22.3. The molecule has 0 spiro atoms. The van der Waals surface area contributed by atoms with E-state index in [0.29, 0.717) is 45.5 Å². The fourth-order valence-corrected chi connectivity index (χ4v) is 7.67. The summed E-state index contributed by atoms with van der Waals surface area (Å²) in [4.78, 5) is 28.8. The second-order valence-electron chi connectivity index (χ2n) is 19.4. The Balaban J connectivity index is 1.70. The minimum atomic E-state index is -0.392. The maximum Gasteiger partial charge on any atom is 0.306 e. The Morgan fingerprint density at radius 3 is 2.03 bits per heavy atom. The van der Waals surface area contributed by atoms with E-state index in [0.717, 1.165) is 91.6 Å². The zero-order valence-electron chi connectivity index (χ0n) is 38.0. The zero-order chi connectivity index (χ0) is 42.9. The molecule has 1 fully saturated rings. The van der Waals surface area contributed by atoms with Crippen LogP contribution in [-0.2, 0) is 14.3 Å². The van der Waals surface area contributed by atoms with Crippen molar-refractivity contribution < 1.29 is 32.8 Å². The summed E-state index contributed by atoms with van der Waals surface area (Å²) in [5, 5.41) is 17.9. The van der Waals surface area contributed by atoms with Gasteiger partial charge in [0.15, 0.2) is 0 Å². The van der Waals surface area contributed by atoms with Gasteiger partial charge in [0, 0.05) is 47.4 Å². The molecule has 11 nitrogen and oxygen atoms in total. The first-order chi connectivity index (χ1) is 27.0. The molecule has 5 rings (SSSR count). The van der Waals surface area contributed by atoms with Crippen LogP contribution in [0.2, 0.25) is 0 Å². The lowest BCUT2D eigenvalue weighted by Gasteiger charge is -2.27. The number of likely N-dealkylation sites (N-methyl/N-ethyl adjacent to an activating group) is 3. The van der Waals surface area contributed by atoms with Crippen molar-refractivity contribution in [3.8, 4) is 0 Å². The van der Waals surface area contributed by atoms with E-state index in [4.69, 9.17) is 24.5 Å². The number of rotatable bonds is 14. The Bertz CT molecular complexity index is 2090. The number of quaternary nitrogens is 3. The number of allylic oxidation sites excluding steroid dienone is 12. The Kier molecular flexibility index (Phi) is 13.3. The second kappa shape index (κ2) is 17.3. The molecule has 0 amide bonds. The van der Waals surface area contributed by atoms with Gasteiger partial charge in [-0.05, 0) is 92.7 Å². The van der Waals surface area contributed by atoms with Crippen LogP contribution in [0.5, 0.6) is 0 Å². The molecule has 11 heteroatoms. The van der Waals surface area contributed by atoms with Crippen LogP contribution in [0.1, 0.15) is 60.8 Å². The van der Waals surface area contributed by atoms with Crippen LogP contribution in [-0.4, -0.2) is 133 Å². The number of nitrogens with zero attached hydrogens (tertiary/aromatic N) is 6. The van der Waals surface area contributed by atoms with E-state index in [1.165, 1.54) is 0 Å². The van der Waals surface area contributed by atoms with Crippen LogP contribution in [0.4, 0.5) is 0 Å². The third-order valence-electron chi connectivity index (χ3n) is 11.4.